The Bertz CT molecular complexity index is 819. The average molecular weight is 276 g/mol. The number of primary amides is 1. The van der Waals surface area contributed by atoms with E-state index in [9.17, 15) is 9.59 Å². The van der Waals surface area contributed by atoms with Gasteiger partial charge in [-0.15, -0.1) is 11.3 Å². The second kappa shape index (κ2) is 4.40. The molecule has 0 radical (unpaired) electrons. The Kier molecular flexibility index (Phi) is 3.04. The number of hydrogen-bond donors (Lipinski definition) is 2. The number of nitrogens with two attached hydrogens (primary N) is 2. The zero-order valence-corrected chi connectivity index (χ0v) is 11.2. The van der Waals surface area contributed by atoms with Crippen LogP contribution in [0.1, 0.15) is 13.8 Å². The van der Waals surface area contributed by atoms with Crippen LogP contribution < -0.4 is 26.2 Å². The van der Waals surface area contributed by atoms with Crippen LogP contribution in [0.5, 0.6) is 0 Å². The Morgan fingerprint density at radius 3 is 2.68 bits per heavy atom. The number of fused-ring (bicyclic) bond motifs is 1. The zero-order valence-electron chi connectivity index (χ0n) is 10.4. The number of rotatable bonds is 1. The highest BCUT2D eigenvalue weighted by Crippen LogP contribution is 2.25. The molecule has 0 spiro atoms. The Labute approximate surface area is 112 Å². The van der Waals surface area contributed by atoms with Gasteiger partial charge in [-0.2, -0.15) is 5.26 Å². The molecule has 2 rings (SSSR count). The number of carbonyl (C=O) groups is 1. The molecule has 1 aliphatic heterocycles. The lowest BCUT2D eigenvalue weighted by Gasteiger charge is -2.19. The van der Waals surface area contributed by atoms with Crippen LogP contribution in [-0.4, -0.2) is 10.5 Å². The molecule has 0 saturated carbocycles. The Morgan fingerprint density at radius 2 is 2.21 bits per heavy atom. The number of nitriles is 1. The summed E-state index contributed by atoms with van der Waals surface area (Å²) in [4.78, 5) is 23.7. The molecule has 4 N–H and O–H groups in total. The Balaban J connectivity index is 3.10. The minimum Gasteiger partial charge on any atom is -0.384 e. The van der Waals surface area contributed by atoms with Gasteiger partial charge >= 0.3 is 0 Å². The minimum atomic E-state index is -0.648. The Hall–Kier alpha value is -2.33. The predicted molar refractivity (Wildman–Crippen MR) is 72.8 cm³/mol. The molecule has 98 valence electrons. The highest BCUT2D eigenvalue weighted by atomic mass is 32.1. The predicted octanol–water partition coefficient (Wildman–Crippen LogP) is -1.35. The van der Waals surface area contributed by atoms with Gasteiger partial charge in [0.25, 0.3) is 5.56 Å². The fourth-order valence-corrected chi connectivity index (χ4v) is 3.28. The monoisotopic (exact) mass is 276 g/mol. The van der Waals surface area contributed by atoms with E-state index in [1.54, 1.807) is 19.9 Å². The standard InChI is InChI=1S/C12H12N4O2S/c1-3-7-11(18)16-9(14)6(4-13)5(2)8(10(15)17)12(16)19-7/h3,5H,14H2,1-2H3,(H2,15,17)/b7-3-. The second-order valence-electron chi connectivity index (χ2n) is 4.11. The first-order valence-electron chi connectivity index (χ1n) is 5.56. The molecule has 0 saturated heterocycles. The SMILES string of the molecule is C/C=c1\sc2n(c1=O)C(N)=C(C#N)C(C)C=2C(N)=O. The molecule has 2 heterocycles. The number of aromatic nitrogens is 1. The number of amides is 1. The van der Waals surface area contributed by atoms with Gasteiger partial charge in [0.15, 0.2) is 0 Å². The molecule has 0 fully saturated rings. The van der Waals surface area contributed by atoms with Crippen LogP contribution >= 0.6 is 11.3 Å². The lowest BCUT2D eigenvalue weighted by molar-refractivity contribution is -0.113. The summed E-state index contributed by atoms with van der Waals surface area (Å²) in [6, 6.07) is 1.94. The molecule has 1 aromatic rings. The maximum Gasteiger partial charge on any atom is 0.274 e. The summed E-state index contributed by atoms with van der Waals surface area (Å²) in [7, 11) is 0. The van der Waals surface area contributed by atoms with Crippen molar-refractivity contribution in [1.29, 1.82) is 5.26 Å². The van der Waals surface area contributed by atoms with Crippen LogP contribution in [0.15, 0.2) is 10.4 Å². The number of nitrogens with zero attached hydrogens (tertiary/aromatic N) is 2. The summed E-state index contributed by atoms with van der Waals surface area (Å²) in [6.45, 7) is 3.40. The van der Waals surface area contributed by atoms with Crippen LogP contribution in [0, 0.1) is 17.2 Å². The summed E-state index contributed by atoms with van der Waals surface area (Å²) >= 11 is 1.15. The molecule has 6 nitrogen and oxygen atoms in total. The summed E-state index contributed by atoms with van der Waals surface area (Å²) in [5.41, 5.74) is 11.3. The van der Waals surface area contributed by atoms with Crippen molar-refractivity contribution < 1.29 is 4.79 Å². The van der Waals surface area contributed by atoms with Gasteiger partial charge in [-0.05, 0) is 6.92 Å². The van der Waals surface area contributed by atoms with E-state index in [0.717, 1.165) is 11.3 Å². The number of thiazole rings is 1. The van der Waals surface area contributed by atoms with Crippen molar-refractivity contribution in [3.05, 3.63) is 25.1 Å². The van der Waals surface area contributed by atoms with Crippen molar-refractivity contribution in [2.45, 2.75) is 13.8 Å². The summed E-state index contributed by atoms with van der Waals surface area (Å²) < 4.78 is 2.07. The normalized spacial score (nSPS) is 19.3. The quantitative estimate of drug-likeness (QED) is 0.659. The van der Waals surface area contributed by atoms with Crippen molar-refractivity contribution in [3.8, 4) is 6.07 Å². The van der Waals surface area contributed by atoms with Gasteiger partial charge in [0, 0.05) is 5.92 Å². The highest BCUT2D eigenvalue weighted by molar-refractivity contribution is 7.07. The maximum atomic E-state index is 12.1. The highest BCUT2D eigenvalue weighted by Gasteiger charge is 2.30. The zero-order chi connectivity index (χ0) is 14.3. The van der Waals surface area contributed by atoms with Crippen molar-refractivity contribution >= 4 is 34.7 Å². The van der Waals surface area contributed by atoms with Gasteiger partial charge in [-0.25, -0.2) is 0 Å². The lowest BCUT2D eigenvalue weighted by Crippen LogP contribution is -2.40. The lowest BCUT2D eigenvalue weighted by atomic mass is 9.92. The van der Waals surface area contributed by atoms with Crippen molar-refractivity contribution in [3.63, 3.8) is 0 Å². The average Bonchev–Trinajstić information content (AvgIpc) is 2.66. The molecule has 1 unspecified atom stereocenters. The van der Waals surface area contributed by atoms with E-state index in [1.807, 2.05) is 6.07 Å². The molecule has 0 bridgehead atoms. The van der Waals surface area contributed by atoms with Crippen molar-refractivity contribution in [2.24, 2.45) is 17.4 Å². The molecule has 0 aromatic carbocycles. The van der Waals surface area contributed by atoms with Crippen LogP contribution in [0.3, 0.4) is 0 Å². The fraction of sp³-hybridized carbons (Fsp3) is 0.250. The number of carbonyl (C=O) groups excluding carboxylic acids is 1. The van der Waals surface area contributed by atoms with Gasteiger partial charge in [0.2, 0.25) is 5.91 Å². The third-order valence-electron chi connectivity index (χ3n) is 3.08. The van der Waals surface area contributed by atoms with Crippen LogP contribution in [0.25, 0.3) is 17.5 Å². The van der Waals surface area contributed by atoms with Crippen LogP contribution in [0.2, 0.25) is 0 Å². The van der Waals surface area contributed by atoms with E-state index in [4.69, 9.17) is 16.7 Å². The van der Waals surface area contributed by atoms with E-state index < -0.39 is 11.8 Å². The summed E-state index contributed by atoms with van der Waals surface area (Å²) in [5, 5.41) is 9.14. The topological polar surface area (TPSA) is 115 Å². The van der Waals surface area contributed by atoms with E-state index in [-0.39, 0.29) is 22.5 Å². The van der Waals surface area contributed by atoms with E-state index in [2.05, 4.69) is 0 Å². The molecular formula is C12H12N4O2S. The van der Waals surface area contributed by atoms with E-state index in [1.165, 1.54) is 4.57 Å². The molecule has 0 aliphatic carbocycles. The first kappa shape index (κ1) is 13.1. The second-order valence-corrected chi connectivity index (χ2v) is 5.14. The molecule has 1 aromatic heterocycles. The molecule has 7 heteroatoms. The maximum absolute atomic E-state index is 12.1. The molecule has 1 aliphatic rings. The van der Waals surface area contributed by atoms with E-state index >= 15 is 0 Å². The number of allylic oxidation sites excluding steroid dienone is 1. The summed E-state index contributed by atoms with van der Waals surface area (Å²) in [5.74, 6) is -1.08. The van der Waals surface area contributed by atoms with Gasteiger partial charge < -0.3 is 11.5 Å². The number of hydrogen-bond acceptors (Lipinski definition) is 5. The Morgan fingerprint density at radius 1 is 1.58 bits per heavy atom. The third kappa shape index (κ3) is 1.69. The van der Waals surface area contributed by atoms with Gasteiger partial charge in [0.05, 0.1) is 21.7 Å². The van der Waals surface area contributed by atoms with Gasteiger partial charge in [-0.3, -0.25) is 14.2 Å². The third-order valence-corrected chi connectivity index (χ3v) is 4.31. The van der Waals surface area contributed by atoms with Crippen molar-refractivity contribution in [1.82, 2.24) is 4.57 Å². The van der Waals surface area contributed by atoms with Gasteiger partial charge in [0.1, 0.15) is 10.5 Å². The molecular weight excluding hydrogens is 264 g/mol. The van der Waals surface area contributed by atoms with E-state index in [0.29, 0.717) is 9.20 Å². The largest absolute Gasteiger partial charge is 0.384 e. The van der Waals surface area contributed by atoms with Crippen molar-refractivity contribution in [2.75, 3.05) is 0 Å². The first-order valence-corrected chi connectivity index (χ1v) is 6.38. The summed E-state index contributed by atoms with van der Waals surface area (Å²) in [6.07, 6.45) is 1.64. The molecule has 1 amide bonds. The first-order chi connectivity index (χ1) is 8.93. The molecule has 19 heavy (non-hydrogen) atoms. The van der Waals surface area contributed by atoms with Crippen LogP contribution in [-0.2, 0) is 4.79 Å². The van der Waals surface area contributed by atoms with Gasteiger partial charge in [-0.1, -0.05) is 13.0 Å². The minimum absolute atomic E-state index is 0.0735. The van der Waals surface area contributed by atoms with Crippen LogP contribution in [0.4, 0.5) is 0 Å². The fourth-order valence-electron chi connectivity index (χ4n) is 2.12. The molecule has 1 atom stereocenters. The smallest absolute Gasteiger partial charge is 0.274 e.